The SMILES string of the molecule is C/C(Nc1ccc(CN(CCOC(=O)C(F)(F)F)Cc2ccccc2)cc1)=C1/C(=O)Nc2ccc(N)cc21. The van der Waals surface area contributed by atoms with Crippen LogP contribution in [0, 0.1) is 0 Å². The van der Waals surface area contributed by atoms with Crippen LogP contribution in [0.4, 0.5) is 30.2 Å². The Morgan fingerprint density at radius 1 is 1.00 bits per heavy atom. The minimum absolute atomic E-state index is 0.125. The number of anilines is 3. The largest absolute Gasteiger partial charge is 0.490 e. The molecule has 4 rings (SSSR count). The Labute approximate surface area is 218 Å². The standard InChI is InChI=1S/C28H27F3N4O3/c1-18(25-23-15-21(32)9-12-24(23)34-26(25)36)33-22-10-7-20(8-11-22)17-35(16-19-5-3-2-4-6-19)13-14-38-27(37)28(29,30)31/h2-12,15,33H,13-14,16-17,32H2,1H3,(H,34,36)/b25-18-. The van der Waals surface area contributed by atoms with E-state index in [0.29, 0.717) is 35.7 Å². The fourth-order valence-corrected chi connectivity index (χ4v) is 4.19. The van der Waals surface area contributed by atoms with Gasteiger partial charge in [-0.1, -0.05) is 42.5 Å². The Balaban J connectivity index is 1.44. The zero-order chi connectivity index (χ0) is 27.3. The molecule has 1 aliphatic rings. The van der Waals surface area contributed by atoms with Crippen LogP contribution >= 0.6 is 0 Å². The molecule has 0 saturated carbocycles. The van der Waals surface area contributed by atoms with Crippen LogP contribution in [0.3, 0.4) is 0 Å². The first kappa shape index (κ1) is 26.7. The van der Waals surface area contributed by atoms with E-state index in [0.717, 1.165) is 22.4 Å². The summed E-state index contributed by atoms with van der Waals surface area (Å²) in [6, 6.07) is 22.2. The summed E-state index contributed by atoms with van der Waals surface area (Å²) in [5, 5.41) is 6.09. The van der Waals surface area contributed by atoms with Crippen LogP contribution in [0.5, 0.6) is 0 Å². The number of fused-ring (bicyclic) bond motifs is 1. The molecule has 3 aromatic rings. The fourth-order valence-electron chi connectivity index (χ4n) is 4.19. The average molecular weight is 525 g/mol. The van der Waals surface area contributed by atoms with Crippen molar-refractivity contribution in [3.63, 3.8) is 0 Å². The molecule has 3 aromatic carbocycles. The normalized spacial score (nSPS) is 14.2. The maximum Gasteiger partial charge on any atom is 0.490 e. The zero-order valence-electron chi connectivity index (χ0n) is 20.6. The predicted octanol–water partition coefficient (Wildman–Crippen LogP) is 5.17. The Kier molecular flexibility index (Phi) is 8.02. The number of allylic oxidation sites excluding steroid dienone is 1. The molecule has 38 heavy (non-hydrogen) atoms. The van der Waals surface area contributed by atoms with Gasteiger partial charge in [0.15, 0.2) is 0 Å². The van der Waals surface area contributed by atoms with Crippen molar-refractivity contribution in [1.82, 2.24) is 4.90 Å². The summed E-state index contributed by atoms with van der Waals surface area (Å²) in [5.41, 5.74) is 11.7. The first-order chi connectivity index (χ1) is 18.1. The third-order valence-corrected chi connectivity index (χ3v) is 5.98. The van der Waals surface area contributed by atoms with Gasteiger partial charge in [0.1, 0.15) is 6.61 Å². The number of benzene rings is 3. The molecule has 0 aliphatic carbocycles. The molecule has 198 valence electrons. The van der Waals surface area contributed by atoms with E-state index in [4.69, 9.17) is 5.73 Å². The number of nitrogens with one attached hydrogen (secondary N) is 2. The number of esters is 1. The van der Waals surface area contributed by atoms with Gasteiger partial charge in [-0.15, -0.1) is 0 Å². The van der Waals surface area contributed by atoms with Crippen molar-refractivity contribution in [2.75, 3.05) is 29.5 Å². The van der Waals surface area contributed by atoms with Crippen molar-refractivity contribution in [3.8, 4) is 0 Å². The lowest BCUT2D eigenvalue weighted by Gasteiger charge is -2.23. The highest BCUT2D eigenvalue weighted by atomic mass is 19.4. The van der Waals surface area contributed by atoms with Gasteiger partial charge in [0, 0.05) is 48.0 Å². The van der Waals surface area contributed by atoms with E-state index in [9.17, 15) is 22.8 Å². The van der Waals surface area contributed by atoms with Crippen molar-refractivity contribution in [2.24, 2.45) is 0 Å². The molecule has 4 N–H and O–H groups in total. The molecular formula is C28H27F3N4O3. The van der Waals surface area contributed by atoms with Gasteiger partial charge in [0.05, 0.1) is 5.57 Å². The molecule has 0 radical (unpaired) electrons. The van der Waals surface area contributed by atoms with E-state index < -0.39 is 12.1 Å². The van der Waals surface area contributed by atoms with Gasteiger partial charge in [-0.2, -0.15) is 13.2 Å². The number of hydrogen-bond acceptors (Lipinski definition) is 6. The Morgan fingerprint density at radius 3 is 2.32 bits per heavy atom. The van der Waals surface area contributed by atoms with Crippen LogP contribution in [0.15, 0.2) is 78.5 Å². The highest BCUT2D eigenvalue weighted by molar-refractivity contribution is 6.32. The van der Waals surface area contributed by atoms with Gasteiger partial charge in [-0.05, 0) is 48.4 Å². The van der Waals surface area contributed by atoms with E-state index in [1.165, 1.54) is 0 Å². The second-order valence-electron chi connectivity index (χ2n) is 8.91. The van der Waals surface area contributed by atoms with Crippen molar-refractivity contribution >= 4 is 34.5 Å². The molecule has 1 amide bonds. The van der Waals surface area contributed by atoms with E-state index in [2.05, 4.69) is 15.4 Å². The van der Waals surface area contributed by atoms with E-state index in [-0.39, 0.29) is 19.1 Å². The molecule has 0 aromatic heterocycles. The molecular weight excluding hydrogens is 497 g/mol. The number of alkyl halides is 3. The highest BCUT2D eigenvalue weighted by Crippen LogP contribution is 2.35. The lowest BCUT2D eigenvalue weighted by Crippen LogP contribution is -2.31. The van der Waals surface area contributed by atoms with Gasteiger partial charge in [-0.25, -0.2) is 4.79 Å². The van der Waals surface area contributed by atoms with Gasteiger partial charge in [0.25, 0.3) is 5.91 Å². The number of carbonyl (C=O) groups excluding carboxylic acids is 2. The molecule has 0 fully saturated rings. The molecule has 1 aliphatic heterocycles. The summed E-state index contributed by atoms with van der Waals surface area (Å²) in [7, 11) is 0. The Hall–Kier alpha value is -4.31. The summed E-state index contributed by atoms with van der Waals surface area (Å²) in [5.74, 6) is -2.41. The number of nitrogen functional groups attached to an aromatic ring is 1. The molecule has 0 spiro atoms. The maximum absolute atomic E-state index is 12.5. The zero-order valence-corrected chi connectivity index (χ0v) is 20.6. The van der Waals surface area contributed by atoms with E-state index in [1.807, 2.05) is 66.4 Å². The van der Waals surface area contributed by atoms with Crippen LogP contribution in [-0.2, 0) is 27.4 Å². The Bertz CT molecular complexity index is 1340. The molecule has 0 unspecified atom stereocenters. The molecule has 1 heterocycles. The quantitative estimate of drug-likeness (QED) is 0.203. The highest BCUT2D eigenvalue weighted by Gasteiger charge is 2.40. The maximum atomic E-state index is 12.5. The summed E-state index contributed by atoms with van der Waals surface area (Å²) < 4.78 is 41.8. The summed E-state index contributed by atoms with van der Waals surface area (Å²) >= 11 is 0. The monoisotopic (exact) mass is 524 g/mol. The number of rotatable bonds is 9. The summed E-state index contributed by atoms with van der Waals surface area (Å²) in [6.45, 7) is 2.44. The smallest absolute Gasteiger partial charge is 0.458 e. The van der Waals surface area contributed by atoms with Gasteiger partial charge in [-0.3, -0.25) is 9.69 Å². The van der Waals surface area contributed by atoms with Crippen molar-refractivity contribution in [1.29, 1.82) is 0 Å². The van der Waals surface area contributed by atoms with Crippen molar-refractivity contribution in [2.45, 2.75) is 26.2 Å². The van der Waals surface area contributed by atoms with Crippen LogP contribution < -0.4 is 16.4 Å². The average Bonchev–Trinajstić information content (AvgIpc) is 3.20. The first-order valence-electron chi connectivity index (χ1n) is 11.9. The fraction of sp³-hybridized carbons (Fsp3) is 0.214. The van der Waals surface area contributed by atoms with E-state index >= 15 is 0 Å². The van der Waals surface area contributed by atoms with Gasteiger partial charge >= 0.3 is 12.1 Å². The minimum Gasteiger partial charge on any atom is -0.458 e. The topological polar surface area (TPSA) is 96.7 Å². The van der Waals surface area contributed by atoms with Crippen molar-refractivity contribution in [3.05, 3.63) is 95.2 Å². The predicted molar refractivity (Wildman–Crippen MR) is 140 cm³/mol. The third-order valence-electron chi connectivity index (χ3n) is 5.98. The number of halogens is 3. The van der Waals surface area contributed by atoms with Gasteiger partial charge < -0.3 is 21.1 Å². The summed E-state index contributed by atoms with van der Waals surface area (Å²) in [4.78, 5) is 25.5. The molecule has 0 bridgehead atoms. The molecule has 0 saturated heterocycles. The lowest BCUT2D eigenvalue weighted by atomic mass is 10.0. The van der Waals surface area contributed by atoms with Gasteiger partial charge in [0.2, 0.25) is 0 Å². The van der Waals surface area contributed by atoms with Crippen LogP contribution in [0.25, 0.3) is 5.57 Å². The molecule has 7 nitrogen and oxygen atoms in total. The number of nitrogens with zero attached hydrogens (tertiary/aromatic N) is 1. The number of nitrogens with two attached hydrogens (primary N) is 1. The van der Waals surface area contributed by atoms with Crippen LogP contribution in [0.2, 0.25) is 0 Å². The molecule has 10 heteroatoms. The number of carbonyl (C=O) groups is 2. The summed E-state index contributed by atoms with van der Waals surface area (Å²) in [6.07, 6.45) is -5.02. The number of amides is 1. The first-order valence-corrected chi connectivity index (χ1v) is 11.9. The van der Waals surface area contributed by atoms with Crippen molar-refractivity contribution < 1.29 is 27.5 Å². The Morgan fingerprint density at radius 2 is 1.66 bits per heavy atom. The third kappa shape index (κ3) is 6.71. The number of ether oxygens (including phenoxy) is 1. The molecule has 0 atom stereocenters. The second kappa shape index (κ2) is 11.4. The van der Waals surface area contributed by atoms with Crippen LogP contribution in [0.1, 0.15) is 23.6 Å². The second-order valence-corrected chi connectivity index (χ2v) is 8.91. The minimum atomic E-state index is -5.02. The van der Waals surface area contributed by atoms with Crippen LogP contribution in [-0.4, -0.2) is 36.1 Å². The number of hydrogen-bond donors (Lipinski definition) is 3. The lowest BCUT2D eigenvalue weighted by molar-refractivity contribution is -0.200. The van der Waals surface area contributed by atoms with E-state index in [1.54, 1.807) is 18.2 Å².